The van der Waals surface area contributed by atoms with Crippen LogP contribution in [0, 0.1) is 10.1 Å². The van der Waals surface area contributed by atoms with Crippen LogP contribution in [0.3, 0.4) is 0 Å². The van der Waals surface area contributed by atoms with Gasteiger partial charge in [-0.3, -0.25) is 14.9 Å². The average molecular weight is 512 g/mol. The van der Waals surface area contributed by atoms with Crippen LogP contribution in [-0.2, 0) is 18.1 Å². The standard InChI is InChI=1S/C29H25N3O4S/c33-29(26-12-6-25(7-13-26)21-37-20-24-4-2-1-3-5-24)31-30-18-22-10-16-28(17-11-22)36-19-23-8-14-27(15-9-23)32(34)35/h1-18H,19-21H2,(H,31,33)/b30-18-. The molecule has 1 amide bonds. The SMILES string of the molecule is O=C(N/N=C\c1ccc(OCc2ccc([N+](=O)[O-])cc2)cc1)c1ccc(CSCc2ccccc2)cc1. The van der Waals surface area contributed by atoms with Gasteiger partial charge in [0.1, 0.15) is 12.4 Å². The van der Waals surface area contributed by atoms with Crippen LogP contribution in [-0.4, -0.2) is 17.0 Å². The van der Waals surface area contributed by atoms with Gasteiger partial charge < -0.3 is 4.74 Å². The lowest BCUT2D eigenvalue weighted by Crippen LogP contribution is -2.17. The fourth-order valence-corrected chi connectivity index (χ4v) is 4.33. The molecule has 0 spiro atoms. The monoisotopic (exact) mass is 511 g/mol. The van der Waals surface area contributed by atoms with E-state index in [1.54, 1.807) is 42.6 Å². The molecular weight excluding hydrogens is 486 g/mol. The molecule has 0 saturated carbocycles. The number of carbonyl (C=O) groups excluding carboxylic acids is 1. The van der Waals surface area contributed by atoms with Gasteiger partial charge in [0.2, 0.25) is 0 Å². The highest BCUT2D eigenvalue weighted by Gasteiger charge is 2.06. The molecule has 0 bridgehead atoms. The summed E-state index contributed by atoms with van der Waals surface area (Å²) in [6.07, 6.45) is 1.56. The molecule has 0 radical (unpaired) electrons. The number of carbonyl (C=O) groups is 1. The van der Waals surface area contributed by atoms with Gasteiger partial charge in [-0.1, -0.05) is 42.5 Å². The van der Waals surface area contributed by atoms with Gasteiger partial charge in [0, 0.05) is 29.2 Å². The van der Waals surface area contributed by atoms with Gasteiger partial charge in [0.05, 0.1) is 11.1 Å². The molecule has 0 aliphatic heterocycles. The molecule has 186 valence electrons. The minimum Gasteiger partial charge on any atom is -0.489 e. The van der Waals surface area contributed by atoms with Gasteiger partial charge in [-0.15, -0.1) is 0 Å². The van der Waals surface area contributed by atoms with E-state index in [2.05, 4.69) is 22.7 Å². The second-order valence-corrected chi connectivity index (χ2v) is 9.14. The maximum absolute atomic E-state index is 12.4. The Hall–Kier alpha value is -4.43. The largest absolute Gasteiger partial charge is 0.489 e. The molecule has 0 heterocycles. The van der Waals surface area contributed by atoms with E-state index in [-0.39, 0.29) is 11.6 Å². The number of amides is 1. The maximum atomic E-state index is 12.4. The lowest BCUT2D eigenvalue weighted by Gasteiger charge is -2.06. The third kappa shape index (κ3) is 8.05. The van der Waals surface area contributed by atoms with E-state index >= 15 is 0 Å². The van der Waals surface area contributed by atoms with Crippen LogP contribution >= 0.6 is 11.8 Å². The first kappa shape index (κ1) is 25.7. The molecule has 37 heavy (non-hydrogen) atoms. The molecule has 1 N–H and O–H groups in total. The van der Waals surface area contributed by atoms with Gasteiger partial charge in [-0.25, -0.2) is 5.43 Å². The Kier molecular flexibility index (Phi) is 9.04. The van der Waals surface area contributed by atoms with Crippen molar-refractivity contribution in [3.05, 3.63) is 141 Å². The Balaban J connectivity index is 1.20. The number of benzene rings is 4. The highest BCUT2D eigenvalue weighted by Crippen LogP contribution is 2.19. The summed E-state index contributed by atoms with van der Waals surface area (Å²) in [6, 6.07) is 31.4. The fourth-order valence-electron chi connectivity index (χ4n) is 3.37. The second-order valence-electron chi connectivity index (χ2n) is 8.16. The first-order valence-electron chi connectivity index (χ1n) is 11.6. The number of nitro benzene ring substituents is 1. The Morgan fingerprint density at radius 1 is 0.838 bits per heavy atom. The van der Waals surface area contributed by atoms with Crippen LogP contribution in [0.25, 0.3) is 0 Å². The van der Waals surface area contributed by atoms with Crippen molar-refractivity contribution < 1.29 is 14.5 Å². The molecule has 4 rings (SSSR count). The first-order valence-corrected chi connectivity index (χ1v) is 12.7. The smallest absolute Gasteiger partial charge is 0.271 e. The molecule has 0 saturated heterocycles. The lowest BCUT2D eigenvalue weighted by atomic mass is 10.1. The van der Waals surface area contributed by atoms with Crippen LogP contribution < -0.4 is 10.2 Å². The van der Waals surface area contributed by atoms with Crippen LogP contribution in [0.5, 0.6) is 5.75 Å². The molecule has 0 fully saturated rings. The van der Waals surface area contributed by atoms with Crippen molar-refractivity contribution in [2.45, 2.75) is 18.1 Å². The summed E-state index contributed by atoms with van der Waals surface area (Å²) in [6.45, 7) is 0.298. The molecule has 0 aliphatic rings. The Morgan fingerprint density at radius 3 is 2.11 bits per heavy atom. The Morgan fingerprint density at radius 2 is 1.46 bits per heavy atom. The molecular formula is C29H25N3O4S. The zero-order chi connectivity index (χ0) is 25.9. The number of ether oxygens (including phenoxy) is 1. The Bertz CT molecular complexity index is 1340. The van der Waals surface area contributed by atoms with E-state index in [0.717, 1.165) is 28.2 Å². The molecule has 0 aromatic heterocycles. The summed E-state index contributed by atoms with van der Waals surface area (Å²) in [5, 5.41) is 14.8. The predicted octanol–water partition coefficient (Wildman–Crippen LogP) is 6.37. The normalized spacial score (nSPS) is 10.8. The van der Waals surface area contributed by atoms with Gasteiger partial charge in [-0.2, -0.15) is 16.9 Å². The summed E-state index contributed by atoms with van der Waals surface area (Å²) in [4.78, 5) is 22.7. The van der Waals surface area contributed by atoms with E-state index in [1.807, 2.05) is 54.2 Å². The molecule has 7 nitrogen and oxygen atoms in total. The van der Waals surface area contributed by atoms with Crippen molar-refractivity contribution in [2.75, 3.05) is 0 Å². The van der Waals surface area contributed by atoms with Crippen molar-refractivity contribution in [1.29, 1.82) is 0 Å². The fraction of sp³-hybridized carbons (Fsp3) is 0.103. The highest BCUT2D eigenvalue weighted by molar-refractivity contribution is 7.97. The predicted molar refractivity (Wildman–Crippen MR) is 147 cm³/mol. The molecule has 0 aliphatic carbocycles. The number of nitro groups is 1. The third-order valence-corrected chi connectivity index (χ3v) is 6.48. The van der Waals surface area contributed by atoms with Crippen molar-refractivity contribution >= 4 is 29.6 Å². The highest BCUT2D eigenvalue weighted by atomic mass is 32.2. The van der Waals surface area contributed by atoms with Crippen LogP contribution in [0.4, 0.5) is 5.69 Å². The molecule has 4 aromatic carbocycles. The lowest BCUT2D eigenvalue weighted by molar-refractivity contribution is -0.384. The van der Waals surface area contributed by atoms with E-state index in [1.165, 1.54) is 17.7 Å². The summed E-state index contributed by atoms with van der Waals surface area (Å²) >= 11 is 1.83. The summed E-state index contributed by atoms with van der Waals surface area (Å²) in [5.41, 5.74) is 7.24. The Labute approximate surface area is 219 Å². The van der Waals surface area contributed by atoms with Crippen LogP contribution in [0.1, 0.15) is 32.6 Å². The number of rotatable bonds is 11. The van der Waals surface area contributed by atoms with Crippen molar-refractivity contribution in [3.63, 3.8) is 0 Å². The van der Waals surface area contributed by atoms with Gasteiger partial charge >= 0.3 is 0 Å². The van der Waals surface area contributed by atoms with Gasteiger partial charge in [-0.05, 0) is 70.8 Å². The quantitative estimate of drug-likeness (QED) is 0.143. The first-order chi connectivity index (χ1) is 18.1. The number of non-ortho nitro benzene ring substituents is 1. The zero-order valence-corrected chi connectivity index (χ0v) is 20.8. The van der Waals surface area contributed by atoms with E-state index in [9.17, 15) is 14.9 Å². The minimum atomic E-state index is -0.433. The number of nitrogens with zero attached hydrogens (tertiary/aromatic N) is 2. The number of hydrogen-bond donors (Lipinski definition) is 1. The number of hydrogen-bond acceptors (Lipinski definition) is 6. The van der Waals surface area contributed by atoms with Gasteiger partial charge in [0.25, 0.3) is 11.6 Å². The summed E-state index contributed by atoms with van der Waals surface area (Å²) in [5.74, 6) is 2.21. The number of hydrazone groups is 1. The van der Waals surface area contributed by atoms with Gasteiger partial charge in [0.15, 0.2) is 0 Å². The molecule has 0 unspecified atom stereocenters. The summed E-state index contributed by atoms with van der Waals surface area (Å²) < 4.78 is 5.72. The van der Waals surface area contributed by atoms with Crippen LogP contribution in [0.2, 0.25) is 0 Å². The minimum absolute atomic E-state index is 0.0464. The van der Waals surface area contributed by atoms with Crippen molar-refractivity contribution in [1.82, 2.24) is 5.43 Å². The van der Waals surface area contributed by atoms with E-state index in [0.29, 0.717) is 17.9 Å². The van der Waals surface area contributed by atoms with Crippen molar-refractivity contribution in [3.8, 4) is 5.75 Å². The maximum Gasteiger partial charge on any atom is 0.271 e. The third-order valence-electron chi connectivity index (χ3n) is 5.41. The number of thioether (sulfide) groups is 1. The van der Waals surface area contributed by atoms with E-state index < -0.39 is 4.92 Å². The second kappa shape index (κ2) is 13.0. The van der Waals surface area contributed by atoms with Crippen LogP contribution in [0.15, 0.2) is 108 Å². The number of nitrogens with one attached hydrogen (secondary N) is 1. The molecule has 0 atom stereocenters. The average Bonchev–Trinajstić information content (AvgIpc) is 2.94. The zero-order valence-electron chi connectivity index (χ0n) is 19.9. The van der Waals surface area contributed by atoms with Crippen molar-refractivity contribution in [2.24, 2.45) is 5.10 Å². The molecule has 8 heteroatoms. The summed E-state index contributed by atoms with van der Waals surface area (Å²) in [7, 11) is 0. The van der Waals surface area contributed by atoms with E-state index in [4.69, 9.17) is 4.74 Å². The molecule has 4 aromatic rings. The topological polar surface area (TPSA) is 93.8 Å².